The van der Waals surface area contributed by atoms with E-state index in [0.29, 0.717) is 29.0 Å². The normalized spacial score (nSPS) is 19.7. The highest BCUT2D eigenvalue weighted by molar-refractivity contribution is 6.08. The number of aliphatic carboxylic acids is 1. The standard InChI is InChI=1S/C25H31F3N4O.C2HF3O2/c1-17-7-6-13-32(17)19-12-14-31(16-19)18-10-11-22(21(15-18)25(26,27)28)29-24(33)20-8-4-5-9-23(20)30(2)3;3-2(4,5)1(6)7/h4-5,8-11,15,17,19H,6-7,12-14,16H2,1-3H3,(H,29,33);(H,6,7). The van der Waals surface area contributed by atoms with Gasteiger partial charge in [-0.3, -0.25) is 9.69 Å². The van der Waals surface area contributed by atoms with Gasteiger partial charge in [0.1, 0.15) is 0 Å². The van der Waals surface area contributed by atoms with Gasteiger partial charge >= 0.3 is 18.3 Å². The molecule has 0 spiro atoms. The molecular weight excluding hydrogens is 542 g/mol. The molecule has 2 aromatic carbocycles. The minimum absolute atomic E-state index is 0.228. The molecule has 0 radical (unpaired) electrons. The van der Waals surface area contributed by atoms with Gasteiger partial charge in [0.25, 0.3) is 5.91 Å². The maximum absolute atomic E-state index is 14.0. The Kier molecular flexibility index (Phi) is 9.60. The zero-order valence-electron chi connectivity index (χ0n) is 22.3. The highest BCUT2D eigenvalue weighted by Crippen LogP contribution is 2.39. The first kappa shape index (κ1) is 31.1. The number of nitrogens with one attached hydrogen (secondary N) is 1. The van der Waals surface area contributed by atoms with E-state index in [4.69, 9.17) is 9.90 Å². The summed E-state index contributed by atoms with van der Waals surface area (Å²) >= 11 is 0. The van der Waals surface area contributed by atoms with Gasteiger partial charge in [0.2, 0.25) is 0 Å². The van der Waals surface area contributed by atoms with E-state index in [2.05, 4.69) is 17.1 Å². The van der Waals surface area contributed by atoms with Crippen molar-refractivity contribution in [2.75, 3.05) is 48.8 Å². The summed E-state index contributed by atoms with van der Waals surface area (Å²) in [6.45, 7) is 4.74. The van der Waals surface area contributed by atoms with Crippen LogP contribution in [0.3, 0.4) is 0 Å². The Hall–Kier alpha value is -3.48. The fourth-order valence-corrected chi connectivity index (χ4v) is 5.06. The van der Waals surface area contributed by atoms with Crippen molar-refractivity contribution in [3.8, 4) is 0 Å². The number of carboxylic acids is 1. The topological polar surface area (TPSA) is 76.1 Å². The molecule has 4 rings (SSSR count). The molecule has 2 aliphatic rings. The molecule has 2 heterocycles. The van der Waals surface area contributed by atoms with E-state index in [0.717, 1.165) is 26.1 Å². The summed E-state index contributed by atoms with van der Waals surface area (Å²) in [5.41, 5.74) is 0.451. The molecule has 2 saturated heterocycles. The average molecular weight is 575 g/mol. The summed E-state index contributed by atoms with van der Waals surface area (Å²) in [6, 6.07) is 12.0. The number of halogens is 6. The van der Waals surface area contributed by atoms with Gasteiger partial charge in [-0.05, 0) is 63.1 Å². The Morgan fingerprint density at radius 2 is 1.65 bits per heavy atom. The van der Waals surface area contributed by atoms with Crippen LogP contribution in [0.4, 0.5) is 43.4 Å². The number of carboxylic acid groups (broad SMARTS) is 1. The second-order valence-electron chi connectivity index (χ2n) is 10.0. The zero-order valence-corrected chi connectivity index (χ0v) is 22.3. The van der Waals surface area contributed by atoms with E-state index in [1.54, 1.807) is 49.3 Å². The van der Waals surface area contributed by atoms with Crippen LogP contribution in [-0.2, 0) is 11.0 Å². The molecule has 220 valence electrons. The minimum atomic E-state index is -5.08. The minimum Gasteiger partial charge on any atom is -0.475 e. The summed E-state index contributed by atoms with van der Waals surface area (Å²) in [5.74, 6) is -3.32. The van der Waals surface area contributed by atoms with Crippen LogP contribution in [0.25, 0.3) is 0 Å². The van der Waals surface area contributed by atoms with Gasteiger partial charge < -0.3 is 20.2 Å². The van der Waals surface area contributed by atoms with Crippen molar-refractivity contribution in [1.82, 2.24) is 4.90 Å². The summed E-state index contributed by atoms with van der Waals surface area (Å²) in [6.07, 6.45) is -6.35. The lowest BCUT2D eigenvalue weighted by Gasteiger charge is -2.29. The molecule has 7 nitrogen and oxygen atoms in total. The number of carbonyl (C=O) groups excluding carboxylic acids is 1. The molecule has 13 heteroatoms. The van der Waals surface area contributed by atoms with Crippen LogP contribution in [0, 0.1) is 0 Å². The molecule has 2 N–H and O–H groups in total. The number of hydrogen-bond donors (Lipinski definition) is 2. The van der Waals surface area contributed by atoms with Crippen molar-refractivity contribution in [3.05, 3.63) is 53.6 Å². The third-order valence-corrected chi connectivity index (χ3v) is 7.03. The number of rotatable bonds is 5. The molecular formula is C27H32F6N4O3. The van der Waals surface area contributed by atoms with E-state index in [-0.39, 0.29) is 5.69 Å². The smallest absolute Gasteiger partial charge is 0.475 e. The van der Waals surface area contributed by atoms with Crippen molar-refractivity contribution in [2.24, 2.45) is 0 Å². The fraction of sp³-hybridized carbons (Fsp3) is 0.481. The second kappa shape index (κ2) is 12.4. The molecule has 0 bridgehead atoms. The molecule has 2 aliphatic heterocycles. The summed E-state index contributed by atoms with van der Waals surface area (Å²) in [7, 11) is 3.57. The molecule has 2 unspecified atom stereocenters. The van der Waals surface area contributed by atoms with E-state index >= 15 is 0 Å². The van der Waals surface area contributed by atoms with Crippen LogP contribution in [0.2, 0.25) is 0 Å². The predicted molar refractivity (Wildman–Crippen MR) is 140 cm³/mol. The largest absolute Gasteiger partial charge is 0.490 e. The zero-order chi connectivity index (χ0) is 29.8. The van der Waals surface area contributed by atoms with Crippen molar-refractivity contribution < 1.29 is 41.0 Å². The van der Waals surface area contributed by atoms with Crippen LogP contribution >= 0.6 is 0 Å². The number of amides is 1. The van der Waals surface area contributed by atoms with Gasteiger partial charge in [0.15, 0.2) is 0 Å². The molecule has 0 aliphatic carbocycles. The first-order chi connectivity index (χ1) is 18.6. The van der Waals surface area contributed by atoms with Crippen molar-refractivity contribution in [3.63, 3.8) is 0 Å². The molecule has 1 amide bonds. The number of para-hydroxylation sites is 1. The van der Waals surface area contributed by atoms with E-state index in [1.165, 1.54) is 25.0 Å². The van der Waals surface area contributed by atoms with Crippen LogP contribution in [0.5, 0.6) is 0 Å². The third-order valence-electron chi connectivity index (χ3n) is 7.03. The monoisotopic (exact) mass is 574 g/mol. The molecule has 2 aromatic rings. The number of nitrogens with zero attached hydrogens (tertiary/aromatic N) is 3. The van der Waals surface area contributed by atoms with Crippen LogP contribution in [0.1, 0.15) is 42.1 Å². The summed E-state index contributed by atoms with van der Waals surface area (Å²) in [5, 5.41) is 9.62. The lowest BCUT2D eigenvalue weighted by Crippen LogP contribution is -2.39. The lowest BCUT2D eigenvalue weighted by atomic mass is 10.1. The summed E-state index contributed by atoms with van der Waals surface area (Å²) < 4.78 is 73.6. The third kappa shape index (κ3) is 7.58. The van der Waals surface area contributed by atoms with E-state index in [1.807, 2.05) is 4.90 Å². The number of hydrogen-bond acceptors (Lipinski definition) is 5. The highest BCUT2D eigenvalue weighted by Gasteiger charge is 2.38. The van der Waals surface area contributed by atoms with Gasteiger partial charge in [-0.15, -0.1) is 0 Å². The van der Waals surface area contributed by atoms with Gasteiger partial charge in [0, 0.05) is 50.6 Å². The Morgan fingerprint density at radius 1 is 1.00 bits per heavy atom. The van der Waals surface area contributed by atoms with E-state index < -0.39 is 29.8 Å². The maximum Gasteiger partial charge on any atom is 0.490 e. The predicted octanol–water partition coefficient (Wildman–Crippen LogP) is 5.72. The molecule has 2 atom stereocenters. The number of benzene rings is 2. The lowest BCUT2D eigenvalue weighted by molar-refractivity contribution is -0.192. The van der Waals surface area contributed by atoms with Crippen molar-refractivity contribution >= 4 is 28.9 Å². The van der Waals surface area contributed by atoms with E-state index in [9.17, 15) is 31.1 Å². The average Bonchev–Trinajstić information content (AvgIpc) is 3.52. The van der Waals surface area contributed by atoms with Crippen molar-refractivity contribution in [1.29, 1.82) is 0 Å². The van der Waals surface area contributed by atoms with Gasteiger partial charge in [-0.1, -0.05) is 12.1 Å². The van der Waals surface area contributed by atoms with Gasteiger partial charge in [-0.2, -0.15) is 26.3 Å². The SMILES string of the molecule is CC1CCCN1C1CCN(c2ccc(NC(=O)c3ccccc3N(C)C)c(C(F)(F)F)c2)C1.O=C(O)C(F)(F)F. The highest BCUT2D eigenvalue weighted by atomic mass is 19.4. The number of alkyl halides is 6. The quantitative estimate of drug-likeness (QED) is 0.445. The van der Waals surface area contributed by atoms with Crippen LogP contribution < -0.4 is 15.1 Å². The Bertz CT molecular complexity index is 1200. The fourth-order valence-electron chi connectivity index (χ4n) is 5.06. The van der Waals surface area contributed by atoms with Crippen molar-refractivity contribution in [2.45, 2.75) is 50.6 Å². The number of likely N-dealkylation sites (tertiary alicyclic amines) is 1. The number of anilines is 3. The van der Waals surface area contributed by atoms with Crippen LogP contribution in [-0.4, -0.2) is 73.9 Å². The molecule has 0 saturated carbocycles. The second-order valence-corrected chi connectivity index (χ2v) is 10.0. The Morgan fingerprint density at radius 3 is 2.20 bits per heavy atom. The first-order valence-corrected chi connectivity index (χ1v) is 12.7. The Labute approximate surface area is 228 Å². The molecule has 40 heavy (non-hydrogen) atoms. The maximum atomic E-state index is 14.0. The van der Waals surface area contributed by atoms with Crippen LogP contribution in [0.15, 0.2) is 42.5 Å². The summed E-state index contributed by atoms with van der Waals surface area (Å²) in [4.78, 5) is 28.0. The van der Waals surface area contributed by atoms with Gasteiger partial charge in [-0.25, -0.2) is 4.79 Å². The number of carbonyl (C=O) groups is 2. The van der Waals surface area contributed by atoms with Gasteiger partial charge in [0.05, 0.1) is 16.8 Å². The molecule has 2 fully saturated rings. The molecule has 0 aromatic heterocycles. The first-order valence-electron chi connectivity index (χ1n) is 12.7. The Balaban J connectivity index is 0.000000559.